The summed E-state index contributed by atoms with van der Waals surface area (Å²) in [5.74, 6) is 1.49. The van der Waals surface area contributed by atoms with Crippen LogP contribution in [0.25, 0.3) is 0 Å². The molecule has 1 aromatic heterocycles. The largest absolute Gasteiger partial charge is 0.481 e. The zero-order valence-corrected chi connectivity index (χ0v) is 15.1. The first-order valence-corrected chi connectivity index (χ1v) is 9.04. The number of carbonyl (C=O) groups excluding carboxylic acids is 2. The summed E-state index contributed by atoms with van der Waals surface area (Å²) < 4.78 is 5.07. The fraction of sp³-hybridized carbons (Fsp3) is 0.471. The van der Waals surface area contributed by atoms with E-state index in [0.717, 1.165) is 12.0 Å². The number of hydrogen-bond donors (Lipinski definition) is 1. The Kier molecular flexibility index (Phi) is 6.66. The van der Waals surface area contributed by atoms with Crippen molar-refractivity contribution in [3.63, 3.8) is 0 Å². The number of thioether (sulfide) groups is 1. The first kappa shape index (κ1) is 18.3. The molecule has 1 fully saturated rings. The minimum absolute atomic E-state index is 0.0624. The second kappa shape index (κ2) is 8.73. The Balaban J connectivity index is 1.97. The van der Waals surface area contributed by atoms with Gasteiger partial charge < -0.3 is 15.0 Å². The number of methoxy groups -OCH3 is 1. The van der Waals surface area contributed by atoms with Gasteiger partial charge in [-0.25, -0.2) is 4.98 Å². The highest BCUT2D eigenvalue weighted by atomic mass is 32.2. The smallest absolute Gasteiger partial charge is 0.250 e. The van der Waals surface area contributed by atoms with Crippen LogP contribution in [0.3, 0.4) is 0 Å². The van der Waals surface area contributed by atoms with Gasteiger partial charge in [0.2, 0.25) is 11.8 Å². The molecule has 0 radical (unpaired) electrons. The number of nitrogens with zero attached hydrogens (tertiary/aromatic N) is 2. The van der Waals surface area contributed by atoms with Gasteiger partial charge in [-0.15, -0.1) is 11.8 Å². The quantitative estimate of drug-likeness (QED) is 0.795. The molecular weight excluding hydrogens is 326 g/mol. The van der Waals surface area contributed by atoms with Crippen molar-refractivity contribution in [2.24, 2.45) is 0 Å². The number of aromatic nitrogens is 1. The molecule has 1 saturated heterocycles. The molecular formula is C17H23N3O3S. The third-order valence-corrected chi connectivity index (χ3v) is 4.78. The Morgan fingerprint density at radius 2 is 2.33 bits per heavy atom. The molecule has 0 spiro atoms. The first-order chi connectivity index (χ1) is 11.6. The Bertz CT molecular complexity index is 633. The zero-order valence-electron chi connectivity index (χ0n) is 14.2. The van der Waals surface area contributed by atoms with E-state index in [2.05, 4.69) is 10.3 Å². The molecule has 0 aliphatic carbocycles. The van der Waals surface area contributed by atoms with Crippen molar-refractivity contribution in [3.8, 4) is 5.88 Å². The van der Waals surface area contributed by atoms with E-state index >= 15 is 0 Å². The number of allylic oxidation sites excluding steroid dienone is 1. The Morgan fingerprint density at radius 1 is 1.54 bits per heavy atom. The molecule has 6 nitrogen and oxygen atoms in total. The molecule has 1 aliphatic heterocycles. The van der Waals surface area contributed by atoms with Crippen LogP contribution in [-0.2, 0) is 16.1 Å². The lowest BCUT2D eigenvalue weighted by Gasteiger charge is -2.23. The maximum Gasteiger partial charge on any atom is 0.250 e. The minimum atomic E-state index is -0.425. The van der Waals surface area contributed by atoms with Crippen LogP contribution in [-0.4, -0.2) is 46.5 Å². The van der Waals surface area contributed by atoms with Gasteiger partial charge in [0.25, 0.3) is 5.91 Å². The first-order valence-electron chi connectivity index (χ1n) is 7.89. The van der Waals surface area contributed by atoms with E-state index in [-0.39, 0.29) is 11.8 Å². The second-order valence-corrected chi connectivity index (χ2v) is 6.51. The number of hydrogen-bond acceptors (Lipinski definition) is 5. The van der Waals surface area contributed by atoms with Crippen LogP contribution in [0, 0.1) is 0 Å². The highest BCUT2D eigenvalue weighted by molar-refractivity contribution is 7.99. The molecule has 0 bridgehead atoms. The Labute approximate surface area is 146 Å². The van der Waals surface area contributed by atoms with Crippen LogP contribution >= 0.6 is 11.8 Å². The van der Waals surface area contributed by atoms with Crippen molar-refractivity contribution in [1.82, 2.24) is 15.2 Å². The fourth-order valence-corrected chi connectivity index (χ4v) is 3.61. The van der Waals surface area contributed by atoms with Gasteiger partial charge in [-0.1, -0.05) is 13.0 Å². The van der Waals surface area contributed by atoms with Gasteiger partial charge in [-0.3, -0.25) is 9.59 Å². The number of carbonyl (C=O) groups is 2. The lowest BCUT2D eigenvalue weighted by Crippen LogP contribution is -2.47. The SMILES string of the molecule is CC/C=C(\C)C(=O)N1CSC[C@H]1C(=O)NCc1ccnc(OC)c1. The summed E-state index contributed by atoms with van der Waals surface area (Å²) in [7, 11) is 1.55. The molecule has 2 heterocycles. The third kappa shape index (κ3) is 4.50. The van der Waals surface area contributed by atoms with Crippen molar-refractivity contribution in [1.29, 1.82) is 0 Å². The van der Waals surface area contributed by atoms with E-state index in [9.17, 15) is 9.59 Å². The van der Waals surface area contributed by atoms with Gasteiger partial charge >= 0.3 is 0 Å². The maximum atomic E-state index is 12.5. The lowest BCUT2D eigenvalue weighted by atomic mass is 10.2. The molecule has 1 aliphatic rings. The molecule has 130 valence electrons. The summed E-state index contributed by atoms with van der Waals surface area (Å²) >= 11 is 1.60. The van der Waals surface area contributed by atoms with Crippen LogP contribution in [0.1, 0.15) is 25.8 Å². The van der Waals surface area contributed by atoms with Crippen molar-refractivity contribution in [2.45, 2.75) is 32.9 Å². The highest BCUT2D eigenvalue weighted by Crippen LogP contribution is 2.23. The standard InChI is InChI=1S/C17H23N3O3S/c1-4-5-12(2)17(22)20-11-24-10-14(20)16(21)19-9-13-6-7-18-15(8-13)23-3/h5-8,14H,4,9-11H2,1-3H3,(H,19,21)/b12-5+/t14-/m0/s1. The molecule has 0 unspecified atom stereocenters. The molecule has 2 amide bonds. The van der Waals surface area contributed by atoms with Crippen LogP contribution in [0.5, 0.6) is 5.88 Å². The van der Waals surface area contributed by atoms with Crippen molar-refractivity contribution >= 4 is 23.6 Å². The van der Waals surface area contributed by atoms with Gasteiger partial charge in [0, 0.05) is 30.1 Å². The molecule has 1 N–H and O–H groups in total. The summed E-state index contributed by atoms with van der Waals surface area (Å²) in [6.45, 7) is 4.17. The normalized spacial score (nSPS) is 17.7. The third-order valence-electron chi connectivity index (χ3n) is 3.77. The van der Waals surface area contributed by atoms with Gasteiger partial charge in [0.1, 0.15) is 6.04 Å². The summed E-state index contributed by atoms with van der Waals surface area (Å²) in [6, 6.07) is 3.18. The lowest BCUT2D eigenvalue weighted by molar-refractivity contribution is -0.135. The average Bonchev–Trinajstić information content (AvgIpc) is 3.09. The summed E-state index contributed by atoms with van der Waals surface area (Å²) in [5, 5.41) is 2.90. The summed E-state index contributed by atoms with van der Waals surface area (Å²) in [6.07, 6.45) is 4.34. The molecule has 2 rings (SSSR count). The maximum absolute atomic E-state index is 12.5. The van der Waals surface area contributed by atoms with E-state index in [4.69, 9.17) is 4.74 Å². The Hall–Kier alpha value is -2.02. The Morgan fingerprint density at radius 3 is 3.04 bits per heavy atom. The number of ether oxygens (including phenoxy) is 1. The van der Waals surface area contributed by atoms with Crippen LogP contribution in [0.15, 0.2) is 30.0 Å². The van der Waals surface area contributed by atoms with Crippen LogP contribution < -0.4 is 10.1 Å². The monoisotopic (exact) mass is 349 g/mol. The fourth-order valence-electron chi connectivity index (χ4n) is 2.46. The number of rotatable bonds is 6. The predicted octanol–water partition coefficient (Wildman–Crippen LogP) is 1.96. The van der Waals surface area contributed by atoms with Crippen molar-refractivity contribution < 1.29 is 14.3 Å². The van der Waals surface area contributed by atoms with E-state index < -0.39 is 6.04 Å². The van der Waals surface area contributed by atoms with Crippen LogP contribution in [0.4, 0.5) is 0 Å². The average molecular weight is 349 g/mol. The number of amides is 2. The van der Waals surface area contributed by atoms with E-state index in [1.54, 1.807) is 43.0 Å². The van der Waals surface area contributed by atoms with E-state index in [1.807, 2.05) is 19.1 Å². The van der Waals surface area contributed by atoms with Crippen molar-refractivity contribution in [3.05, 3.63) is 35.5 Å². The molecule has 7 heteroatoms. The van der Waals surface area contributed by atoms with Gasteiger partial charge in [0.05, 0.1) is 13.0 Å². The second-order valence-electron chi connectivity index (χ2n) is 5.51. The van der Waals surface area contributed by atoms with Crippen molar-refractivity contribution in [2.75, 3.05) is 18.7 Å². The zero-order chi connectivity index (χ0) is 17.5. The molecule has 1 aromatic rings. The molecule has 24 heavy (non-hydrogen) atoms. The van der Waals surface area contributed by atoms with Crippen LogP contribution in [0.2, 0.25) is 0 Å². The van der Waals surface area contributed by atoms with E-state index in [0.29, 0.717) is 29.6 Å². The minimum Gasteiger partial charge on any atom is -0.481 e. The van der Waals surface area contributed by atoms with E-state index in [1.165, 1.54) is 0 Å². The number of nitrogens with one attached hydrogen (secondary N) is 1. The number of pyridine rings is 1. The predicted molar refractivity (Wildman–Crippen MR) is 94.6 cm³/mol. The summed E-state index contributed by atoms with van der Waals surface area (Å²) in [5.41, 5.74) is 1.59. The molecule has 1 atom stereocenters. The molecule has 0 aromatic carbocycles. The van der Waals surface area contributed by atoms with Gasteiger partial charge in [-0.05, 0) is 25.0 Å². The highest BCUT2D eigenvalue weighted by Gasteiger charge is 2.34. The summed E-state index contributed by atoms with van der Waals surface area (Å²) in [4.78, 5) is 30.6. The van der Waals surface area contributed by atoms with Gasteiger partial charge in [0.15, 0.2) is 0 Å². The topological polar surface area (TPSA) is 71.5 Å². The van der Waals surface area contributed by atoms with Gasteiger partial charge in [-0.2, -0.15) is 0 Å². The molecule has 0 saturated carbocycles.